The van der Waals surface area contributed by atoms with Gasteiger partial charge in [0.25, 0.3) is 0 Å². The lowest BCUT2D eigenvalue weighted by atomic mass is 10.1. The van der Waals surface area contributed by atoms with Crippen LogP contribution in [0.1, 0.15) is 25.8 Å². The van der Waals surface area contributed by atoms with Crippen molar-refractivity contribution in [2.24, 2.45) is 17.3 Å². The standard InChI is InChI=1S/C19H22Cl2FNO3S/c1-19(2)15(9-16(20)21)17(19)18(24)23(14-7-8-27(25,26)11-14)10-12-3-5-13(22)6-4-12/h3-6,9,14-15,17H,7-8,10-11H2,1-2H3/t14-,15+,17-/m0/s1. The molecule has 1 heterocycles. The number of amides is 1. The van der Waals surface area contributed by atoms with Crippen molar-refractivity contribution in [3.05, 3.63) is 46.2 Å². The first-order valence-electron chi connectivity index (χ1n) is 8.79. The first-order chi connectivity index (χ1) is 12.5. The molecule has 0 bridgehead atoms. The van der Waals surface area contributed by atoms with Gasteiger partial charge in [-0.15, -0.1) is 0 Å². The molecule has 1 aliphatic carbocycles. The van der Waals surface area contributed by atoms with E-state index in [0.29, 0.717) is 6.42 Å². The van der Waals surface area contributed by atoms with Crippen LogP contribution >= 0.6 is 23.2 Å². The average molecular weight is 434 g/mol. The highest BCUT2D eigenvalue weighted by molar-refractivity contribution is 7.91. The molecule has 8 heteroatoms. The number of hydrogen-bond acceptors (Lipinski definition) is 3. The molecule has 2 aliphatic rings. The Hall–Kier alpha value is -1.11. The second-order valence-electron chi connectivity index (χ2n) is 7.93. The first-order valence-corrected chi connectivity index (χ1v) is 11.4. The summed E-state index contributed by atoms with van der Waals surface area (Å²) in [5.41, 5.74) is 0.458. The monoisotopic (exact) mass is 433 g/mol. The molecule has 1 aliphatic heterocycles. The van der Waals surface area contributed by atoms with Gasteiger partial charge >= 0.3 is 0 Å². The third-order valence-electron chi connectivity index (χ3n) is 5.68. The van der Waals surface area contributed by atoms with Crippen LogP contribution in [-0.2, 0) is 21.2 Å². The SMILES string of the molecule is CC1(C)[C@H](C=C(Cl)Cl)[C@H]1C(=O)N(Cc1ccc(F)cc1)[C@H]1CCS(=O)(=O)C1. The van der Waals surface area contributed by atoms with E-state index in [1.165, 1.54) is 12.1 Å². The van der Waals surface area contributed by atoms with Crippen LogP contribution in [0.25, 0.3) is 0 Å². The van der Waals surface area contributed by atoms with Crippen LogP contribution in [0.4, 0.5) is 4.39 Å². The third-order valence-corrected chi connectivity index (χ3v) is 7.68. The van der Waals surface area contributed by atoms with Gasteiger partial charge in [-0.1, -0.05) is 49.2 Å². The van der Waals surface area contributed by atoms with E-state index in [9.17, 15) is 17.6 Å². The highest BCUT2D eigenvalue weighted by atomic mass is 35.5. The van der Waals surface area contributed by atoms with Crippen LogP contribution < -0.4 is 0 Å². The number of benzene rings is 1. The van der Waals surface area contributed by atoms with Gasteiger partial charge in [0.1, 0.15) is 10.3 Å². The summed E-state index contributed by atoms with van der Waals surface area (Å²) in [5, 5.41) is 0. The fraction of sp³-hybridized carbons (Fsp3) is 0.526. The van der Waals surface area contributed by atoms with E-state index in [-0.39, 0.29) is 57.6 Å². The van der Waals surface area contributed by atoms with Gasteiger partial charge in [-0.3, -0.25) is 4.79 Å². The number of hydrogen-bond donors (Lipinski definition) is 0. The van der Waals surface area contributed by atoms with Gasteiger partial charge in [-0.2, -0.15) is 0 Å². The van der Waals surface area contributed by atoms with Gasteiger partial charge < -0.3 is 4.90 Å². The number of allylic oxidation sites excluding steroid dienone is 1. The molecule has 4 nitrogen and oxygen atoms in total. The molecule has 2 fully saturated rings. The molecular weight excluding hydrogens is 412 g/mol. The van der Waals surface area contributed by atoms with Crippen molar-refractivity contribution in [2.75, 3.05) is 11.5 Å². The molecule has 1 aromatic carbocycles. The zero-order chi connectivity index (χ0) is 20.0. The molecule has 0 radical (unpaired) electrons. The highest BCUT2D eigenvalue weighted by Gasteiger charge is 2.62. The maximum atomic E-state index is 13.3. The first kappa shape index (κ1) is 20.6. The predicted molar refractivity (Wildman–Crippen MR) is 105 cm³/mol. The molecule has 1 saturated carbocycles. The highest BCUT2D eigenvalue weighted by Crippen LogP contribution is 2.60. The Balaban J connectivity index is 1.86. The van der Waals surface area contributed by atoms with E-state index in [1.807, 2.05) is 13.8 Å². The zero-order valence-corrected chi connectivity index (χ0v) is 17.5. The number of sulfone groups is 1. The van der Waals surface area contributed by atoms with Crippen molar-refractivity contribution >= 4 is 38.9 Å². The molecule has 0 N–H and O–H groups in total. The number of carbonyl (C=O) groups is 1. The van der Waals surface area contributed by atoms with E-state index < -0.39 is 9.84 Å². The summed E-state index contributed by atoms with van der Waals surface area (Å²) < 4.78 is 37.2. The topological polar surface area (TPSA) is 54.5 Å². The summed E-state index contributed by atoms with van der Waals surface area (Å²) in [6.45, 7) is 4.18. The van der Waals surface area contributed by atoms with E-state index >= 15 is 0 Å². The molecule has 1 saturated heterocycles. The Morgan fingerprint density at radius 1 is 1.30 bits per heavy atom. The van der Waals surface area contributed by atoms with Crippen molar-refractivity contribution in [3.8, 4) is 0 Å². The molecule has 3 rings (SSSR count). The van der Waals surface area contributed by atoms with Crippen LogP contribution in [0, 0.1) is 23.1 Å². The Labute approximate surface area is 169 Å². The molecule has 3 atom stereocenters. The second-order valence-corrected chi connectivity index (χ2v) is 11.2. The lowest BCUT2D eigenvalue weighted by Crippen LogP contribution is -2.42. The Morgan fingerprint density at radius 2 is 1.93 bits per heavy atom. The lowest BCUT2D eigenvalue weighted by molar-refractivity contribution is -0.136. The summed E-state index contributed by atoms with van der Waals surface area (Å²) in [6, 6.07) is 5.53. The zero-order valence-electron chi connectivity index (χ0n) is 15.2. The van der Waals surface area contributed by atoms with Crippen LogP contribution in [-0.4, -0.2) is 36.8 Å². The van der Waals surface area contributed by atoms with Gasteiger partial charge in [-0.25, -0.2) is 12.8 Å². The third kappa shape index (κ3) is 4.49. The Bertz CT molecular complexity index is 863. The van der Waals surface area contributed by atoms with Crippen molar-refractivity contribution < 1.29 is 17.6 Å². The summed E-state index contributed by atoms with van der Waals surface area (Å²) in [6.07, 6.45) is 2.09. The fourth-order valence-electron chi connectivity index (χ4n) is 3.97. The predicted octanol–water partition coefficient (Wildman–Crippen LogP) is 3.93. The summed E-state index contributed by atoms with van der Waals surface area (Å²) in [7, 11) is -3.15. The Kier molecular flexibility index (Phi) is 5.63. The largest absolute Gasteiger partial charge is 0.334 e. The van der Waals surface area contributed by atoms with Gasteiger partial charge in [-0.05, 0) is 41.5 Å². The molecule has 1 amide bonds. The van der Waals surface area contributed by atoms with Crippen LogP contribution in [0.2, 0.25) is 0 Å². The molecular formula is C19H22Cl2FNO3S. The minimum atomic E-state index is -3.15. The van der Waals surface area contributed by atoms with Crippen LogP contribution in [0.15, 0.2) is 34.8 Å². The average Bonchev–Trinajstić information content (AvgIpc) is 2.90. The summed E-state index contributed by atoms with van der Waals surface area (Å²) in [4.78, 5) is 15.0. The normalized spacial score (nSPS) is 27.8. The van der Waals surface area contributed by atoms with Crippen LogP contribution in [0.3, 0.4) is 0 Å². The Morgan fingerprint density at radius 3 is 2.44 bits per heavy atom. The maximum Gasteiger partial charge on any atom is 0.227 e. The fourth-order valence-corrected chi connectivity index (χ4v) is 5.97. The van der Waals surface area contributed by atoms with Gasteiger partial charge in [0.2, 0.25) is 5.91 Å². The van der Waals surface area contributed by atoms with Crippen LogP contribution in [0.5, 0.6) is 0 Å². The molecule has 0 spiro atoms. The number of carbonyl (C=O) groups excluding carboxylic acids is 1. The molecule has 148 valence electrons. The van der Waals surface area contributed by atoms with Crippen molar-refractivity contribution in [3.63, 3.8) is 0 Å². The lowest BCUT2D eigenvalue weighted by Gasteiger charge is -2.29. The second kappa shape index (κ2) is 7.37. The van der Waals surface area contributed by atoms with E-state index in [4.69, 9.17) is 23.2 Å². The number of rotatable bonds is 5. The van der Waals surface area contributed by atoms with Crippen molar-refractivity contribution in [1.82, 2.24) is 4.90 Å². The quantitative estimate of drug-likeness (QED) is 0.706. The summed E-state index contributed by atoms with van der Waals surface area (Å²) >= 11 is 11.6. The van der Waals surface area contributed by atoms with Crippen molar-refractivity contribution in [2.45, 2.75) is 32.9 Å². The molecule has 0 aromatic heterocycles. The molecule has 27 heavy (non-hydrogen) atoms. The van der Waals surface area contributed by atoms with Crippen molar-refractivity contribution in [1.29, 1.82) is 0 Å². The number of nitrogens with zero attached hydrogens (tertiary/aromatic N) is 1. The smallest absolute Gasteiger partial charge is 0.227 e. The summed E-state index contributed by atoms with van der Waals surface area (Å²) in [5.74, 6) is -0.829. The molecule has 1 aromatic rings. The van der Waals surface area contributed by atoms with Gasteiger partial charge in [0.05, 0.1) is 17.4 Å². The molecule has 0 unspecified atom stereocenters. The van der Waals surface area contributed by atoms with E-state index in [2.05, 4.69) is 0 Å². The number of halogens is 3. The van der Waals surface area contributed by atoms with E-state index in [1.54, 1.807) is 23.1 Å². The van der Waals surface area contributed by atoms with E-state index in [0.717, 1.165) is 5.56 Å². The minimum absolute atomic E-state index is 0.0378. The van der Waals surface area contributed by atoms with Gasteiger partial charge in [0.15, 0.2) is 9.84 Å². The maximum absolute atomic E-state index is 13.3. The minimum Gasteiger partial charge on any atom is -0.334 e. The van der Waals surface area contributed by atoms with Gasteiger partial charge in [0, 0.05) is 12.6 Å².